The zero-order valence-corrected chi connectivity index (χ0v) is 13.7. The van der Waals surface area contributed by atoms with Gasteiger partial charge in [0.05, 0.1) is 19.8 Å². The van der Waals surface area contributed by atoms with E-state index in [0.717, 1.165) is 35.4 Å². The lowest BCUT2D eigenvalue weighted by Gasteiger charge is -2.23. The lowest BCUT2D eigenvalue weighted by Crippen LogP contribution is -2.40. The van der Waals surface area contributed by atoms with Crippen molar-refractivity contribution in [3.8, 4) is 16.9 Å². The van der Waals surface area contributed by atoms with Crippen LogP contribution in [0.25, 0.3) is 11.1 Å². The zero-order valence-electron chi connectivity index (χ0n) is 13.7. The lowest BCUT2D eigenvalue weighted by molar-refractivity contribution is 0.166. The Kier molecular flexibility index (Phi) is 5.01. The first-order valence-corrected chi connectivity index (χ1v) is 8.14. The average Bonchev–Trinajstić information content (AvgIpc) is 3.11. The monoisotopic (exact) mass is 326 g/mol. The molecule has 2 aromatic rings. The van der Waals surface area contributed by atoms with Crippen LogP contribution in [-0.2, 0) is 0 Å². The van der Waals surface area contributed by atoms with Gasteiger partial charge in [-0.25, -0.2) is 4.79 Å². The van der Waals surface area contributed by atoms with Crippen molar-refractivity contribution in [1.29, 1.82) is 0 Å². The molecular formula is C19H22N2O3. The van der Waals surface area contributed by atoms with Crippen molar-refractivity contribution in [2.45, 2.75) is 18.9 Å². The van der Waals surface area contributed by atoms with Crippen molar-refractivity contribution in [2.24, 2.45) is 0 Å². The molecule has 126 valence electrons. The molecule has 0 unspecified atom stereocenters. The summed E-state index contributed by atoms with van der Waals surface area (Å²) in [4.78, 5) is 14.1. The maximum absolute atomic E-state index is 12.4. The number of ether oxygens (including phenoxy) is 1. The highest BCUT2D eigenvalue weighted by Crippen LogP contribution is 2.26. The molecule has 0 bridgehead atoms. The van der Waals surface area contributed by atoms with Crippen LogP contribution in [0.1, 0.15) is 12.8 Å². The van der Waals surface area contributed by atoms with Gasteiger partial charge in [-0.15, -0.1) is 0 Å². The maximum atomic E-state index is 12.4. The van der Waals surface area contributed by atoms with Crippen LogP contribution >= 0.6 is 0 Å². The summed E-state index contributed by atoms with van der Waals surface area (Å²) in [5, 5.41) is 12.3. The third-order valence-electron chi connectivity index (χ3n) is 4.37. The second kappa shape index (κ2) is 7.36. The fraction of sp³-hybridized carbons (Fsp3) is 0.316. The summed E-state index contributed by atoms with van der Waals surface area (Å²) in [5.74, 6) is 0.796. The molecular weight excluding hydrogens is 304 g/mol. The van der Waals surface area contributed by atoms with Crippen LogP contribution < -0.4 is 10.1 Å². The molecule has 1 atom stereocenters. The highest BCUT2D eigenvalue weighted by atomic mass is 16.5. The number of anilines is 1. The minimum atomic E-state index is -0.158. The molecule has 2 N–H and O–H groups in total. The predicted octanol–water partition coefficient (Wildman–Crippen LogP) is 3.35. The number of likely N-dealkylation sites (tertiary alicyclic amines) is 1. The Labute approximate surface area is 141 Å². The van der Waals surface area contributed by atoms with Gasteiger partial charge in [0.25, 0.3) is 0 Å². The SMILES string of the molecule is COc1cccc(-c2cccc(NC(=O)N3CCC[C@H]3CO)c2)c1. The molecule has 1 saturated heterocycles. The summed E-state index contributed by atoms with van der Waals surface area (Å²) in [6.07, 6.45) is 1.79. The summed E-state index contributed by atoms with van der Waals surface area (Å²) in [6, 6.07) is 15.3. The molecule has 1 fully saturated rings. The van der Waals surface area contributed by atoms with Gasteiger partial charge in [-0.1, -0.05) is 24.3 Å². The molecule has 1 heterocycles. The van der Waals surface area contributed by atoms with E-state index in [1.165, 1.54) is 0 Å². The maximum Gasteiger partial charge on any atom is 0.322 e. The minimum absolute atomic E-state index is 0.0112. The van der Waals surface area contributed by atoms with E-state index >= 15 is 0 Å². The molecule has 1 aliphatic heterocycles. The van der Waals surface area contributed by atoms with E-state index in [1.54, 1.807) is 12.0 Å². The van der Waals surface area contributed by atoms with E-state index in [2.05, 4.69) is 5.32 Å². The highest BCUT2D eigenvalue weighted by Gasteiger charge is 2.27. The molecule has 0 saturated carbocycles. The Morgan fingerprint density at radius 1 is 1.25 bits per heavy atom. The fourth-order valence-corrected chi connectivity index (χ4v) is 3.07. The van der Waals surface area contributed by atoms with Gasteiger partial charge >= 0.3 is 6.03 Å². The first kappa shape index (κ1) is 16.3. The van der Waals surface area contributed by atoms with Crippen LogP contribution in [-0.4, -0.2) is 42.3 Å². The molecule has 2 aromatic carbocycles. The van der Waals surface area contributed by atoms with Gasteiger partial charge < -0.3 is 20.1 Å². The molecule has 5 heteroatoms. The van der Waals surface area contributed by atoms with E-state index in [9.17, 15) is 9.90 Å². The van der Waals surface area contributed by atoms with E-state index in [1.807, 2.05) is 48.5 Å². The van der Waals surface area contributed by atoms with Crippen LogP contribution in [0, 0.1) is 0 Å². The van der Waals surface area contributed by atoms with E-state index < -0.39 is 0 Å². The molecule has 0 aliphatic carbocycles. The predicted molar refractivity (Wildman–Crippen MR) is 94.3 cm³/mol. The summed E-state index contributed by atoms with van der Waals surface area (Å²) in [5.41, 5.74) is 2.77. The van der Waals surface area contributed by atoms with E-state index in [0.29, 0.717) is 6.54 Å². The smallest absolute Gasteiger partial charge is 0.322 e. The van der Waals surface area contributed by atoms with Crippen molar-refractivity contribution in [2.75, 3.05) is 25.6 Å². The summed E-state index contributed by atoms with van der Waals surface area (Å²) in [7, 11) is 1.64. The molecule has 3 rings (SSSR count). The number of aliphatic hydroxyl groups is 1. The quantitative estimate of drug-likeness (QED) is 0.906. The van der Waals surface area contributed by atoms with Crippen LogP contribution in [0.4, 0.5) is 10.5 Å². The largest absolute Gasteiger partial charge is 0.497 e. The van der Waals surface area contributed by atoms with Gasteiger partial charge in [0.1, 0.15) is 5.75 Å². The number of benzene rings is 2. The Morgan fingerprint density at radius 2 is 2.00 bits per heavy atom. The van der Waals surface area contributed by atoms with Gasteiger partial charge in [0, 0.05) is 12.2 Å². The fourth-order valence-electron chi connectivity index (χ4n) is 3.07. The number of hydrogen-bond donors (Lipinski definition) is 2. The molecule has 5 nitrogen and oxygen atoms in total. The second-order valence-corrected chi connectivity index (χ2v) is 5.91. The molecule has 24 heavy (non-hydrogen) atoms. The van der Waals surface area contributed by atoms with Gasteiger partial charge in [0.15, 0.2) is 0 Å². The zero-order chi connectivity index (χ0) is 16.9. The summed E-state index contributed by atoms with van der Waals surface area (Å²) >= 11 is 0. The number of hydrogen-bond acceptors (Lipinski definition) is 3. The number of aliphatic hydroxyl groups excluding tert-OH is 1. The summed E-state index contributed by atoms with van der Waals surface area (Å²) < 4.78 is 5.26. The number of rotatable bonds is 4. The third-order valence-corrected chi connectivity index (χ3v) is 4.37. The first-order chi connectivity index (χ1) is 11.7. The Balaban J connectivity index is 1.76. The molecule has 0 spiro atoms. The number of urea groups is 1. The number of amides is 2. The van der Waals surface area contributed by atoms with Crippen molar-refractivity contribution in [1.82, 2.24) is 4.90 Å². The van der Waals surface area contributed by atoms with Gasteiger partial charge in [-0.2, -0.15) is 0 Å². The topological polar surface area (TPSA) is 61.8 Å². The van der Waals surface area contributed by atoms with E-state index in [4.69, 9.17) is 4.74 Å². The van der Waals surface area contributed by atoms with Crippen molar-refractivity contribution in [3.63, 3.8) is 0 Å². The molecule has 0 radical (unpaired) electrons. The minimum Gasteiger partial charge on any atom is -0.497 e. The number of methoxy groups -OCH3 is 1. The third kappa shape index (κ3) is 3.51. The number of carbonyl (C=O) groups excluding carboxylic acids is 1. The van der Waals surface area contributed by atoms with E-state index in [-0.39, 0.29) is 18.7 Å². The number of nitrogens with one attached hydrogen (secondary N) is 1. The highest BCUT2D eigenvalue weighted by molar-refractivity contribution is 5.90. The average molecular weight is 326 g/mol. The lowest BCUT2D eigenvalue weighted by atomic mass is 10.0. The first-order valence-electron chi connectivity index (χ1n) is 8.14. The standard InChI is InChI=1S/C19H22N2O3/c1-24-18-9-3-6-15(12-18)14-5-2-7-16(11-14)20-19(23)21-10-4-8-17(21)13-22/h2-3,5-7,9,11-12,17,22H,4,8,10,13H2,1H3,(H,20,23)/t17-/m0/s1. The van der Waals surface area contributed by atoms with Crippen molar-refractivity contribution >= 4 is 11.7 Å². The van der Waals surface area contributed by atoms with Crippen LogP contribution in [0.5, 0.6) is 5.75 Å². The molecule has 1 aliphatic rings. The van der Waals surface area contributed by atoms with Gasteiger partial charge in [-0.05, 0) is 48.2 Å². The Hall–Kier alpha value is -2.53. The van der Waals surface area contributed by atoms with Crippen LogP contribution in [0.2, 0.25) is 0 Å². The van der Waals surface area contributed by atoms with Gasteiger partial charge in [0.2, 0.25) is 0 Å². The number of nitrogens with zero attached hydrogens (tertiary/aromatic N) is 1. The Morgan fingerprint density at radius 3 is 2.75 bits per heavy atom. The molecule has 2 amide bonds. The van der Waals surface area contributed by atoms with Crippen LogP contribution in [0.3, 0.4) is 0 Å². The van der Waals surface area contributed by atoms with Crippen molar-refractivity contribution in [3.05, 3.63) is 48.5 Å². The number of carbonyl (C=O) groups is 1. The second-order valence-electron chi connectivity index (χ2n) is 5.91. The van der Waals surface area contributed by atoms with Crippen LogP contribution in [0.15, 0.2) is 48.5 Å². The summed E-state index contributed by atoms with van der Waals surface area (Å²) in [6.45, 7) is 0.698. The Bertz CT molecular complexity index is 717. The molecule has 0 aromatic heterocycles. The van der Waals surface area contributed by atoms with Gasteiger partial charge in [-0.3, -0.25) is 0 Å². The van der Waals surface area contributed by atoms with Crippen molar-refractivity contribution < 1.29 is 14.6 Å². The normalized spacial score (nSPS) is 16.9.